The Morgan fingerprint density at radius 1 is 1.26 bits per heavy atom. The quantitative estimate of drug-likeness (QED) is 0.404. The van der Waals surface area contributed by atoms with Gasteiger partial charge in [-0.15, -0.1) is 28.2 Å². The summed E-state index contributed by atoms with van der Waals surface area (Å²) in [6, 6.07) is 11.2. The molecular weight excluding hydrogens is 516 g/mol. The van der Waals surface area contributed by atoms with E-state index in [1.165, 1.54) is 15.3 Å². The highest BCUT2D eigenvalue weighted by Gasteiger charge is 2.34. The lowest BCUT2D eigenvalue weighted by Gasteiger charge is -2.30. The highest BCUT2D eigenvalue weighted by molar-refractivity contribution is 7.99. The van der Waals surface area contributed by atoms with Crippen LogP contribution in [0, 0.1) is 5.92 Å². The molecule has 34 heavy (non-hydrogen) atoms. The number of thioether (sulfide) groups is 1. The molecule has 1 atom stereocenters. The van der Waals surface area contributed by atoms with Crippen molar-refractivity contribution in [2.24, 2.45) is 5.92 Å². The Bertz CT molecular complexity index is 1240. The second-order valence-corrected chi connectivity index (χ2v) is 13.8. The van der Waals surface area contributed by atoms with Gasteiger partial charge in [0.2, 0.25) is 11.8 Å². The number of nitrogens with one attached hydrogen (secondary N) is 1. The van der Waals surface area contributed by atoms with Gasteiger partial charge in [0.25, 0.3) is 10.0 Å². The monoisotopic (exact) mass is 540 g/mol. The first-order chi connectivity index (χ1) is 16.2. The molecule has 1 aliphatic rings. The van der Waals surface area contributed by atoms with E-state index < -0.39 is 15.9 Å². The van der Waals surface area contributed by atoms with Crippen molar-refractivity contribution in [1.29, 1.82) is 0 Å². The number of carbonyl (C=O) groups excluding carboxylic acids is 1. The molecule has 12 heteroatoms. The van der Waals surface area contributed by atoms with Crippen LogP contribution in [0.2, 0.25) is 4.34 Å². The zero-order valence-electron chi connectivity index (χ0n) is 18.7. The summed E-state index contributed by atoms with van der Waals surface area (Å²) in [7, 11) is -3.69. The van der Waals surface area contributed by atoms with Crippen LogP contribution in [0.4, 0.5) is 6.01 Å². The summed E-state index contributed by atoms with van der Waals surface area (Å²) < 4.78 is 33.3. The van der Waals surface area contributed by atoms with E-state index in [-0.39, 0.29) is 22.7 Å². The standard InChI is InChI=1S/C22H25ClN4O4S3/c1-14(2)32-17-7-5-15(6-8-17)12-19-25-26-22(31-19)24-21(28)16-4-3-11-27(13-16)34(29,30)20-10-9-18(23)33-20/h5-10,14,16H,3-4,11-13H2,1-2H3,(H,24,26,28). The summed E-state index contributed by atoms with van der Waals surface area (Å²) in [5, 5.41) is 11.1. The van der Waals surface area contributed by atoms with Gasteiger partial charge in [0, 0.05) is 23.2 Å². The number of hydrogen-bond donors (Lipinski definition) is 1. The molecule has 3 aromatic rings. The van der Waals surface area contributed by atoms with E-state index in [0.29, 0.717) is 41.3 Å². The molecule has 1 saturated heterocycles. The summed E-state index contributed by atoms with van der Waals surface area (Å²) >= 11 is 8.70. The van der Waals surface area contributed by atoms with Crippen molar-refractivity contribution in [3.63, 3.8) is 0 Å². The number of rotatable bonds is 8. The number of nitrogens with zero attached hydrogens (tertiary/aromatic N) is 3. The van der Waals surface area contributed by atoms with E-state index in [4.69, 9.17) is 16.0 Å². The Morgan fingerprint density at radius 3 is 2.71 bits per heavy atom. The normalized spacial score (nSPS) is 17.2. The van der Waals surface area contributed by atoms with Crippen LogP contribution in [0.25, 0.3) is 0 Å². The summed E-state index contributed by atoms with van der Waals surface area (Å²) in [5.41, 5.74) is 1.02. The second kappa shape index (κ2) is 10.8. The van der Waals surface area contributed by atoms with Gasteiger partial charge in [-0.05, 0) is 42.7 Å². The van der Waals surface area contributed by atoms with Crippen molar-refractivity contribution in [3.05, 3.63) is 52.2 Å². The van der Waals surface area contributed by atoms with Gasteiger partial charge in [-0.2, -0.15) is 4.31 Å². The van der Waals surface area contributed by atoms with Crippen LogP contribution in [-0.4, -0.2) is 47.2 Å². The van der Waals surface area contributed by atoms with Crippen molar-refractivity contribution in [2.45, 2.75) is 47.5 Å². The second-order valence-electron chi connectivity index (χ2n) is 8.24. The van der Waals surface area contributed by atoms with Gasteiger partial charge in [0.1, 0.15) is 4.21 Å². The predicted octanol–water partition coefficient (Wildman–Crippen LogP) is 4.92. The molecule has 3 heterocycles. The van der Waals surface area contributed by atoms with E-state index in [9.17, 15) is 13.2 Å². The number of sulfonamides is 1. The Morgan fingerprint density at radius 2 is 2.03 bits per heavy atom. The van der Waals surface area contributed by atoms with Crippen molar-refractivity contribution in [2.75, 3.05) is 18.4 Å². The SMILES string of the molecule is CC(C)Sc1ccc(Cc2nnc(NC(=O)C3CCCN(S(=O)(=O)c4ccc(Cl)s4)C3)o2)cc1. The number of aromatic nitrogens is 2. The van der Waals surface area contributed by atoms with E-state index >= 15 is 0 Å². The smallest absolute Gasteiger partial charge is 0.322 e. The number of benzene rings is 1. The van der Waals surface area contributed by atoms with Gasteiger partial charge >= 0.3 is 6.01 Å². The molecule has 1 aromatic carbocycles. The third-order valence-corrected chi connectivity index (χ3v) is 9.82. The highest BCUT2D eigenvalue weighted by atomic mass is 35.5. The van der Waals surface area contributed by atoms with E-state index in [2.05, 4.69) is 41.5 Å². The van der Waals surface area contributed by atoms with E-state index in [1.54, 1.807) is 17.8 Å². The Labute approximate surface area is 212 Å². The highest BCUT2D eigenvalue weighted by Crippen LogP contribution is 2.31. The fraction of sp³-hybridized carbons (Fsp3) is 0.409. The van der Waals surface area contributed by atoms with Crippen LogP contribution in [0.5, 0.6) is 0 Å². The largest absolute Gasteiger partial charge is 0.407 e. The Balaban J connectivity index is 1.35. The minimum absolute atomic E-state index is 0.0111. The van der Waals surface area contributed by atoms with Crippen LogP contribution in [0.3, 0.4) is 0 Å². The average molecular weight is 541 g/mol. The Hall–Kier alpha value is -1.92. The van der Waals surface area contributed by atoms with Gasteiger partial charge in [0.15, 0.2) is 0 Å². The third-order valence-electron chi connectivity index (χ3n) is 5.25. The molecule has 1 N–H and O–H groups in total. The summed E-state index contributed by atoms with van der Waals surface area (Å²) in [4.78, 5) is 14.0. The molecule has 1 amide bonds. The molecular formula is C22H25ClN4O4S3. The molecule has 8 nitrogen and oxygen atoms in total. The van der Waals surface area contributed by atoms with Gasteiger partial charge in [0.05, 0.1) is 16.7 Å². The molecule has 0 bridgehead atoms. The predicted molar refractivity (Wildman–Crippen MR) is 134 cm³/mol. The van der Waals surface area contributed by atoms with E-state index in [1.807, 2.05) is 12.1 Å². The van der Waals surface area contributed by atoms with Crippen molar-refractivity contribution in [3.8, 4) is 0 Å². The maximum absolute atomic E-state index is 12.9. The first kappa shape index (κ1) is 25.2. The first-order valence-electron chi connectivity index (χ1n) is 10.8. The number of halogens is 1. The van der Waals surface area contributed by atoms with Crippen LogP contribution in [-0.2, 0) is 21.2 Å². The zero-order valence-corrected chi connectivity index (χ0v) is 21.9. The molecule has 2 aromatic heterocycles. The topological polar surface area (TPSA) is 105 Å². The zero-order chi connectivity index (χ0) is 24.3. The van der Waals surface area contributed by atoms with Crippen LogP contribution in [0.15, 0.2) is 49.9 Å². The molecule has 0 spiro atoms. The van der Waals surface area contributed by atoms with E-state index in [0.717, 1.165) is 16.9 Å². The average Bonchev–Trinajstić information content (AvgIpc) is 3.44. The van der Waals surface area contributed by atoms with Crippen molar-refractivity contribution in [1.82, 2.24) is 14.5 Å². The van der Waals surface area contributed by atoms with Crippen LogP contribution < -0.4 is 5.32 Å². The fourth-order valence-electron chi connectivity index (χ4n) is 3.65. The van der Waals surface area contributed by atoms with Gasteiger partial charge in [-0.25, -0.2) is 8.42 Å². The summed E-state index contributed by atoms with van der Waals surface area (Å²) in [6.45, 7) is 4.75. The summed E-state index contributed by atoms with van der Waals surface area (Å²) in [5.74, 6) is -0.461. The maximum atomic E-state index is 12.9. The fourth-order valence-corrected chi connectivity index (χ4v) is 7.65. The molecule has 1 fully saturated rings. The van der Waals surface area contributed by atoms with Crippen molar-refractivity contribution < 1.29 is 17.6 Å². The molecule has 1 aliphatic heterocycles. The van der Waals surface area contributed by atoms with Crippen LogP contribution in [0.1, 0.15) is 38.1 Å². The third kappa shape index (κ3) is 6.19. The number of anilines is 1. The van der Waals surface area contributed by atoms with Gasteiger partial charge in [-0.1, -0.05) is 42.7 Å². The number of amides is 1. The van der Waals surface area contributed by atoms with Crippen LogP contribution >= 0.6 is 34.7 Å². The molecule has 1 unspecified atom stereocenters. The molecule has 4 rings (SSSR count). The minimum Gasteiger partial charge on any atom is -0.407 e. The number of carbonyl (C=O) groups is 1. The molecule has 0 aliphatic carbocycles. The lowest BCUT2D eigenvalue weighted by molar-refractivity contribution is -0.121. The number of hydrogen-bond acceptors (Lipinski definition) is 8. The number of piperidine rings is 1. The molecule has 0 radical (unpaired) electrons. The number of thiophene rings is 1. The molecule has 182 valence electrons. The first-order valence-corrected chi connectivity index (χ1v) is 14.4. The lowest BCUT2D eigenvalue weighted by atomic mass is 9.99. The van der Waals surface area contributed by atoms with Crippen molar-refractivity contribution >= 4 is 56.6 Å². The van der Waals surface area contributed by atoms with Gasteiger partial charge in [-0.3, -0.25) is 10.1 Å². The maximum Gasteiger partial charge on any atom is 0.322 e. The molecule has 0 saturated carbocycles. The van der Waals surface area contributed by atoms with Gasteiger partial charge < -0.3 is 4.42 Å². The Kier molecular flexibility index (Phi) is 7.98. The summed E-state index contributed by atoms with van der Waals surface area (Å²) in [6.07, 6.45) is 1.61. The lowest BCUT2D eigenvalue weighted by Crippen LogP contribution is -2.43. The minimum atomic E-state index is -3.69.